The molecule has 0 aromatic carbocycles. The number of amides is 1. The third-order valence-corrected chi connectivity index (χ3v) is 3.13. The standard InChI is InChI=1S/C9H13NO3.C5H5ClO2.C4H9NO/c1-2-5-13-8-9(11)10-3-6-12-7-4-10;1-2-3-8-4-5(6)7;1-3-6-4-2-5-1/h1H,3-8H2;1H,3-4H2;5H,1-4H2. The Hall–Kier alpha value is -1.65. The van der Waals surface area contributed by atoms with E-state index in [1.165, 1.54) is 0 Å². The summed E-state index contributed by atoms with van der Waals surface area (Å²) in [4.78, 5) is 23.0. The summed E-state index contributed by atoms with van der Waals surface area (Å²) < 4.78 is 19.6. The molecule has 2 fully saturated rings. The molecule has 0 aliphatic carbocycles. The normalized spacial score (nSPS) is 15.7. The third-order valence-electron chi connectivity index (χ3n) is 3.02. The van der Waals surface area contributed by atoms with Crippen LogP contribution in [-0.4, -0.2) is 95.1 Å². The molecular weight excluding hydrogens is 376 g/mol. The van der Waals surface area contributed by atoms with Gasteiger partial charge in [-0.15, -0.1) is 12.8 Å². The molecule has 1 amide bonds. The van der Waals surface area contributed by atoms with Gasteiger partial charge in [0.15, 0.2) is 0 Å². The molecule has 0 unspecified atom stereocenters. The highest BCUT2D eigenvalue weighted by atomic mass is 35.5. The molecule has 152 valence electrons. The van der Waals surface area contributed by atoms with Crippen LogP contribution >= 0.6 is 11.6 Å². The van der Waals surface area contributed by atoms with Crippen molar-refractivity contribution >= 4 is 22.8 Å². The number of rotatable bonds is 6. The Morgan fingerprint density at radius 1 is 0.963 bits per heavy atom. The van der Waals surface area contributed by atoms with Crippen LogP contribution in [0.25, 0.3) is 0 Å². The Morgan fingerprint density at radius 2 is 1.48 bits per heavy atom. The molecule has 2 aliphatic heterocycles. The van der Waals surface area contributed by atoms with Crippen LogP contribution in [0.5, 0.6) is 0 Å². The zero-order chi connectivity index (χ0) is 20.2. The molecule has 2 rings (SSSR count). The van der Waals surface area contributed by atoms with Crippen LogP contribution in [0.4, 0.5) is 0 Å². The maximum absolute atomic E-state index is 11.3. The number of morpholine rings is 2. The first-order valence-electron chi connectivity index (χ1n) is 8.46. The molecule has 9 heteroatoms. The monoisotopic (exact) mass is 402 g/mol. The maximum Gasteiger partial charge on any atom is 0.248 e. The van der Waals surface area contributed by atoms with Gasteiger partial charge in [0, 0.05) is 26.2 Å². The Bertz CT molecular complexity index is 468. The number of carbonyl (C=O) groups is 2. The van der Waals surface area contributed by atoms with E-state index in [1.54, 1.807) is 4.90 Å². The van der Waals surface area contributed by atoms with Crippen LogP contribution in [0.1, 0.15) is 0 Å². The van der Waals surface area contributed by atoms with Gasteiger partial charge in [-0.3, -0.25) is 9.59 Å². The van der Waals surface area contributed by atoms with Crippen LogP contribution in [0.2, 0.25) is 0 Å². The Balaban J connectivity index is 0.000000412. The molecule has 0 saturated carbocycles. The van der Waals surface area contributed by atoms with Gasteiger partial charge >= 0.3 is 0 Å². The van der Waals surface area contributed by atoms with Crippen molar-refractivity contribution < 1.29 is 28.5 Å². The highest BCUT2D eigenvalue weighted by molar-refractivity contribution is 6.63. The van der Waals surface area contributed by atoms with Crippen molar-refractivity contribution in [1.29, 1.82) is 0 Å². The van der Waals surface area contributed by atoms with Crippen LogP contribution in [-0.2, 0) is 28.5 Å². The summed E-state index contributed by atoms with van der Waals surface area (Å²) in [6, 6.07) is 0. The second kappa shape index (κ2) is 19.1. The van der Waals surface area contributed by atoms with Gasteiger partial charge in [0.05, 0.1) is 26.4 Å². The minimum atomic E-state index is -0.528. The predicted molar refractivity (Wildman–Crippen MR) is 101 cm³/mol. The van der Waals surface area contributed by atoms with Crippen LogP contribution in [0.3, 0.4) is 0 Å². The summed E-state index contributed by atoms with van der Waals surface area (Å²) in [5, 5.41) is 2.63. The molecule has 2 saturated heterocycles. The van der Waals surface area contributed by atoms with Gasteiger partial charge in [-0.25, -0.2) is 0 Å². The Morgan fingerprint density at radius 3 is 1.89 bits per heavy atom. The largest absolute Gasteiger partial charge is 0.379 e. The van der Waals surface area contributed by atoms with Gasteiger partial charge in [-0.05, 0) is 11.6 Å². The number of nitrogens with one attached hydrogen (secondary N) is 1. The average Bonchev–Trinajstić information content (AvgIpc) is 2.71. The predicted octanol–water partition coefficient (Wildman–Crippen LogP) is -0.497. The zero-order valence-electron chi connectivity index (χ0n) is 15.4. The second-order valence-electron chi connectivity index (χ2n) is 5.10. The number of nitrogens with zero attached hydrogens (tertiary/aromatic N) is 1. The van der Waals surface area contributed by atoms with Crippen LogP contribution in [0, 0.1) is 24.7 Å². The van der Waals surface area contributed by atoms with Gasteiger partial charge in [0.2, 0.25) is 11.1 Å². The molecule has 2 aliphatic rings. The number of halogens is 1. The Labute approximate surface area is 165 Å². The van der Waals surface area contributed by atoms with Gasteiger partial charge in [0.1, 0.15) is 26.4 Å². The first kappa shape index (κ1) is 25.4. The molecule has 8 nitrogen and oxygen atoms in total. The topological polar surface area (TPSA) is 86.3 Å². The number of carbonyl (C=O) groups excluding carboxylic acids is 2. The minimum Gasteiger partial charge on any atom is -0.379 e. The van der Waals surface area contributed by atoms with E-state index in [0.29, 0.717) is 26.3 Å². The molecule has 0 bridgehead atoms. The van der Waals surface area contributed by atoms with E-state index >= 15 is 0 Å². The van der Waals surface area contributed by atoms with E-state index < -0.39 is 5.24 Å². The number of hydrogen-bond acceptors (Lipinski definition) is 7. The lowest BCUT2D eigenvalue weighted by molar-refractivity contribution is -0.139. The molecule has 27 heavy (non-hydrogen) atoms. The second-order valence-corrected chi connectivity index (χ2v) is 5.53. The fourth-order valence-electron chi connectivity index (χ4n) is 1.81. The van der Waals surface area contributed by atoms with Crippen molar-refractivity contribution in [3.05, 3.63) is 0 Å². The molecule has 0 atom stereocenters. The van der Waals surface area contributed by atoms with E-state index in [1.807, 2.05) is 0 Å². The van der Waals surface area contributed by atoms with E-state index in [9.17, 15) is 9.59 Å². The lowest BCUT2D eigenvalue weighted by Crippen LogP contribution is -2.42. The molecule has 0 aromatic heterocycles. The lowest BCUT2D eigenvalue weighted by Gasteiger charge is -2.26. The molecule has 0 spiro atoms. The van der Waals surface area contributed by atoms with Gasteiger partial charge < -0.3 is 29.2 Å². The fourth-order valence-corrected chi connectivity index (χ4v) is 1.88. The summed E-state index contributed by atoms with van der Waals surface area (Å²) in [5.74, 6) is 4.48. The van der Waals surface area contributed by atoms with Crippen molar-refractivity contribution in [2.45, 2.75) is 0 Å². The third kappa shape index (κ3) is 17.5. The van der Waals surface area contributed by atoms with E-state index in [0.717, 1.165) is 26.3 Å². The van der Waals surface area contributed by atoms with Crippen LogP contribution < -0.4 is 5.32 Å². The molecular formula is C18H27ClN2O6. The van der Waals surface area contributed by atoms with Crippen molar-refractivity contribution in [3.63, 3.8) is 0 Å². The fraction of sp³-hybridized carbons (Fsp3) is 0.667. The van der Waals surface area contributed by atoms with Crippen molar-refractivity contribution in [2.24, 2.45) is 0 Å². The number of ether oxygens (including phenoxy) is 4. The first-order valence-corrected chi connectivity index (χ1v) is 8.84. The minimum absolute atomic E-state index is 0.0152. The highest BCUT2D eigenvalue weighted by Gasteiger charge is 2.16. The number of hydrogen-bond donors (Lipinski definition) is 1. The summed E-state index contributed by atoms with van der Waals surface area (Å²) in [6.07, 6.45) is 9.76. The van der Waals surface area contributed by atoms with Crippen molar-refractivity contribution in [2.75, 3.05) is 79.0 Å². The first-order chi connectivity index (χ1) is 13.1. The van der Waals surface area contributed by atoms with E-state index in [2.05, 4.69) is 21.9 Å². The smallest absolute Gasteiger partial charge is 0.248 e. The van der Waals surface area contributed by atoms with Gasteiger partial charge in [0.25, 0.3) is 0 Å². The summed E-state index contributed by atoms with van der Waals surface area (Å²) in [7, 11) is 0. The zero-order valence-corrected chi connectivity index (χ0v) is 16.2. The molecule has 0 radical (unpaired) electrons. The Kier molecular flexibility index (Phi) is 18.0. The van der Waals surface area contributed by atoms with Crippen molar-refractivity contribution in [3.8, 4) is 24.7 Å². The summed E-state index contributed by atoms with van der Waals surface area (Å²) >= 11 is 4.88. The highest BCUT2D eigenvalue weighted by Crippen LogP contribution is 1.97. The summed E-state index contributed by atoms with van der Waals surface area (Å²) in [5.41, 5.74) is 0. The molecule has 1 N–H and O–H groups in total. The molecule has 2 heterocycles. The van der Waals surface area contributed by atoms with Crippen molar-refractivity contribution in [1.82, 2.24) is 10.2 Å². The van der Waals surface area contributed by atoms with E-state index in [4.69, 9.17) is 38.7 Å². The van der Waals surface area contributed by atoms with E-state index in [-0.39, 0.29) is 32.3 Å². The maximum atomic E-state index is 11.3. The quantitative estimate of drug-likeness (QED) is 0.364. The van der Waals surface area contributed by atoms with Gasteiger partial charge in [-0.2, -0.15) is 0 Å². The van der Waals surface area contributed by atoms with Gasteiger partial charge in [-0.1, -0.05) is 11.8 Å². The summed E-state index contributed by atoms with van der Waals surface area (Å²) in [6.45, 7) is 6.66. The number of terminal acetylenes is 2. The lowest BCUT2D eigenvalue weighted by atomic mass is 10.4. The molecule has 0 aromatic rings. The SMILES string of the molecule is C#CCOCC(=O)Cl.C#CCOCC(=O)N1CCOCC1.C1COCCN1. The van der Waals surface area contributed by atoms with Crippen LogP contribution in [0.15, 0.2) is 0 Å². The average molecular weight is 403 g/mol.